The van der Waals surface area contributed by atoms with Crippen LogP contribution in [0.4, 0.5) is 0 Å². The first-order valence-corrected chi connectivity index (χ1v) is 5.46. The minimum Gasteiger partial charge on any atom is -0.466 e. The smallest absolute Gasteiger partial charge is 0.313 e. The SMILES string of the molecule is CCOC(=O)CC(=O)CN(C)CCN(C)C. The lowest BCUT2D eigenvalue weighted by Crippen LogP contribution is -2.33. The molecule has 94 valence electrons. The fourth-order valence-electron chi connectivity index (χ4n) is 1.18. The lowest BCUT2D eigenvalue weighted by molar-refractivity contribution is -0.145. The van der Waals surface area contributed by atoms with E-state index in [2.05, 4.69) is 0 Å². The van der Waals surface area contributed by atoms with E-state index in [-0.39, 0.29) is 12.2 Å². The molecule has 0 amide bonds. The third-order valence-corrected chi connectivity index (χ3v) is 2.02. The molecule has 0 spiro atoms. The molecule has 0 aromatic rings. The van der Waals surface area contributed by atoms with Crippen molar-refractivity contribution in [2.24, 2.45) is 0 Å². The van der Waals surface area contributed by atoms with E-state index in [1.54, 1.807) is 6.92 Å². The summed E-state index contributed by atoms with van der Waals surface area (Å²) in [5.41, 5.74) is 0. The maximum atomic E-state index is 11.4. The first kappa shape index (κ1) is 15.1. The lowest BCUT2D eigenvalue weighted by atomic mass is 10.2. The number of carbonyl (C=O) groups is 2. The first-order valence-electron chi connectivity index (χ1n) is 5.46. The normalized spacial score (nSPS) is 10.9. The Morgan fingerprint density at radius 2 is 1.75 bits per heavy atom. The van der Waals surface area contributed by atoms with E-state index in [9.17, 15) is 9.59 Å². The fourth-order valence-corrected chi connectivity index (χ4v) is 1.18. The van der Waals surface area contributed by atoms with Gasteiger partial charge in [-0.05, 0) is 28.1 Å². The number of ketones is 1. The molecule has 0 aromatic carbocycles. The van der Waals surface area contributed by atoms with Crippen molar-refractivity contribution in [2.75, 3.05) is 47.4 Å². The van der Waals surface area contributed by atoms with Gasteiger partial charge in [0.05, 0.1) is 13.2 Å². The minimum atomic E-state index is -0.437. The molecule has 5 heteroatoms. The zero-order valence-corrected chi connectivity index (χ0v) is 10.7. The fraction of sp³-hybridized carbons (Fsp3) is 0.818. The predicted molar refractivity (Wildman–Crippen MR) is 62.3 cm³/mol. The van der Waals surface area contributed by atoms with Gasteiger partial charge in [0.2, 0.25) is 0 Å². The lowest BCUT2D eigenvalue weighted by Gasteiger charge is -2.18. The Labute approximate surface area is 97.3 Å². The van der Waals surface area contributed by atoms with Crippen LogP contribution in [0, 0.1) is 0 Å². The van der Waals surface area contributed by atoms with Gasteiger partial charge in [0.1, 0.15) is 6.42 Å². The van der Waals surface area contributed by atoms with Gasteiger partial charge in [0.15, 0.2) is 5.78 Å². The standard InChI is InChI=1S/C11H22N2O3/c1-5-16-11(15)8-10(14)9-13(4)7-6-12(2)3/h5-9H2,1-4H3. The van der Waals surface area contributed by atoms with Gasteiger partial charge in [-0.3, -0.25) is 14.5 Å². The van der Waals surface area contributed by atoms with E-state index in [4.69, 9.17) is 4.74 Å². The van der Waals surface area contributed by atoms with Crippen LogP contribution in [0.15, 0.2) is 0 Å². The number of ether oxygens (including phenoxy) is 1. The Balaban J connectivity index is 3.73. The summed E-state index contributed by atoms with van der Waals surface area (Å²) in [5.74, 6) is -0.534. The molecule has 0 N–H and O–H groups in total. The molecule has 0 fully saturated rings. The number of carbonyl (C=O) groups excluding carboxylic acids is 2. The van der Waals surface area contributed by atoms with E-state index in [0.717, 1.165) is 13.1 Å². The third kappa shape index (κ3) is 8.38. The van der Waals surface area contributed by atoms with E-state index in [0.29, 0.717) is 13.2 Å². The highest BCUT2D eigenvalue weighted by atomic mass is 16.5. The van der Waals surface area contributed by atoms with Crippen molar-refractivity contribution in [1.29, 1.82) is 0 Å². The Bertz CT molecular complexity index is 229. The average molecular weight is 230 g/mol. The Morgan fingerprint density at radius 1 is 1.12 bits per heavy atom. The average Bonchev–Trinajstić information content (AvgIpc) is 2.14. The molecule has 0 saturated heterocycles. The predicted octanol–water partition coefficient (Wildman–Crippen LogP) is 0.00210. The van der Waals surface area contributed by atoms with Crippen LogP contribution in [-0.4, -0.2) is 68.9 Å². The first-order chi connectivity index (χ1) is 7.45. The van der Waals surface area contributed by atoms with E-state index in [1.165, 1.54) is 0 Å². The highest BCUT2D eigenvalue weighted by Crippen LogP contribution is 1.92. The number of rotatable bonds is 8. The molecule has 0 saturated carbocycles. The molecule has 0 bridgehead atoms. The number of nitrogens with zero attached hydrogens (tertiary/aromatic N) is 2. The summed E-state index contributed by atoms with van der Waals surface area (Å²) in [4.78, 5) is 26.4. The number of likely N-dealkylation sites (N-methyl/N-ethyl adjacent to an activating group) is 2. The molecule has 0 atom stereocenters. The van der Waals surface area contributed by atoms with Crippen LogP contribution in [0.25, 0.3) is 0 Å². The summed E-state index contributed by atoms with van der Waals surface area (Å²) in [6, 6.07) is 0. The maximum Gasteiger partial charge on any atom is 0.313 e. The second-order valence-corrected chi connectivity index (χ2v) is 4.06. The van der Waals surface area contributed by atoms with Gasteiger partial charge in [0, 0.05) is 13.1 Å². The quantitative estimate of drug-likeness (QED) is 0.434. The van der Waals surface area contributed by atoms with Crippen LogP contribution in [-0.2, 0) is 14.3 Å². The molecule has 0 aliphatic carbocycles. The third-order valence-electron chi connectivity index (χ3n) is 2.02. The minimum absolute atomic E-state index is 0.0975. The highest BCUT2D eigenvalue weighted by Gasteiger charge is 2.12. The molecule has 16 heavy (non-hydrogen) atoms. The van der Waals surface area contributed by atoms with Gasteiger partial charge < -0.3 is 9.64 Å². The monoisotopic (exact) mass is 230 g/mol. The van der Waals surface area contributed by atoms with E-state index >= 15 is 0 Å². The van der Waals surface area contributed by atoms with Crippen molar-refractivity contribution >= 4 is 11.8 Å². The largest absolute Gasteiger partial charge is 0.466 e. The molecule has 0 rings (SSSR count). The Kier molecular flexibility index (Phi) is 7.76. The molecule has 0 aliphatic heterocycles. The molecule has 0 radical (unpaired) electrons. The molecule has 0 unspecified atom stereocenters. The van der Waals surface area contributed by atoms with Gasteiger partial charge in [-0.25, -0.2) is 0 Å². The molecular weight excluding hydrogens is 208 g/mol. The molecular formula is C11H22N2O3. The van der Waals surface area contributed by atoms with Crippen LogP contribution >= 0.6 is 0 Å². The highest BCUT2D eigenvalue weighted by molar-refractivity contribution is 5.96. The number of hydrogen-bond donors (Lipinski definition) is 0. The topological polar surface area (TPSA) is 49.9 Å². The van der Waals surface area contributed by atoms with Crippen LogP contribution in [0.1, 0.15) is 13.3 Å². The number of esters is 1. The van der Waals surface area contributed by atoms with Crippen LogP contribution in [0.2, 0.25) is 0 Å². The summed E-state index contributed by atoms with van der Waals surface area (Å²) in [6.45, 7) is 4.05. The number of hydrogen-bond acceptors (Lipinski definition) is 5. The van der Waals surface area contributed by atoms with Crippen molar-refractivity contribution in [3.05, 3.63) is 0 Å². The van der Waals surface area contributed by atoms with Crippen molar-refractivity contribution in [2.45, 2.75) is 13.3 Å². The maximum absolute atomic E-state index is 11.4. The summed E-state index contributed by atoms with van der Waals surface area (Å²) < 4.78 is 4.71. The molecule has 5 nitrogen and oxygen atoms in total. The van der Waals surface area contributed by atoms with Crippen LogP contribution in [0.3, 0.4) is 0 Å². The van der Waals surface area contributed by atoms with E-state index < -0.39 is 5.97 Å². The van der Waals surface area contributed by atoms with Gasteiger partial charge in [-0.2, -0.15) is 0 Å². The van der Waals surface area contributed by atoms with Crippen molar-refractivity contribution in [3.63, 3.8) is 0 Å². The summed E-state index contributed by atoms with van der Waals surface area (Å²) in [6.07, 6.45) is -0.125. The van der Waals surface area contributed by atoms with Gasteiger partial charge in [-0.1, -0.05) is 0 Å². The summed E-state index contributed by atoms with van der Waals surface area (Å²) >= 11 is 0. The summed E-state index contributed by atoms with van der Waals surface area (Å²) in [5, 5.41) is 0. The summed E-state index contributed by atoms with van der Waals surface area (Å²) in [7, 11) is 5.83. The molecule has 0 aromatic heterocycles. The van der Waals surface area contributed by atoms with Crippen LogP contribution in [0.5, 0.6) is 0 Å². The molecule has 0 heterocycles. The van der Waals surface area contributed by atoms with Crippen molar-refractivity contribution in [1.82, 2.24) is 9.80 Å². The van der Waals surface area contributed by atoms with Gasteiger partial charge >= 0.3 is 5.97 Å². The Morgan fingerprint density at radius 3 is 2.25 bits per heavy atom. The van der Waals surface area contributed by atoms with Crippen molar-refractivity contribution < 1.29 is 14.3 Å². The zero-order valence-electron chi connectivity index (χ0n) is 10.7. The molecule has 0 aliphatic rings. The second kappa shape index (κ2) is 8.24. The van der Waals surface area contributed by atoms with Crippen LogP contribution < -0.4 is 0 Å². The Hall–Kier alpha value is -0.940. The van der Waals surface area contributed by atoms with E-state index in [1.807, 2.05) is 30.9 Å². The van der Waals surface area contributed by atoms with Crippen molar-refractivity contribution in [3.8, 4) is 0 Å². The zero-order chi connectivity index (χ0) is 12.6. The van der Waals surface area contributed by atoms with Gasteiger partial charge in [0.25, 0.3) is 0 Å². The number of Topliss-reactive ketones (excluding diaryl/α,β-unsaturated/α-hetero) is 1. The van der Waals surface area contributed by atoms with Gasteiger partial charge in [-0.15, -0.1) is 0 Å². The second-order valence-electron chi connectivity index (χ2n) is 4.06.